The van der Waals surface area contributed by atoms with E-state index in [2.05, 4.69) is 15.6 Å². The predicted molar refractivity (Wildman–Crippen MR) is 110 cm³/mol. The summed E-state index contributed by atoms with van der Waals surface area (Å²) in [5.41, 5.74) is 0.187. The second-order valence-corrected chi connectivity index (χ2v) is 8.62. The van der Waals surface area contributed by atoms with Crippen LogP contribution in [0.3, 0.4) is 0 Å². The summed E-state index contributed by atoms with van der Waals surface area (Å²) in [6.07, 6.45) is 1.71. The molecule has 0 aromatic carbocycles. The van der Waals surface area contributed by atoms with E-state index in [-0.39, 0.29) is 31.5 Å². The Labute approximate surface area is 177 Å². The molecular weight excluding hydrogens is 388 g/mol. The molecule has 9 nitrogen and oxygen atoms in total. The van der Waals surface area contributed by atoms with E-state index in [1.807, 2.05) is 19.1 Å². The molecule has 0 radical (unpaired) electrons. The Balaban J connectivity index is 1.85. The summed E-state index contributed by atoms with van der Waals surface area (Å²) in [7, 11) is 0. The number of aliphatic hydroxyl groups excluding tert-OH is 1. The van der Waals surface area contributed by atoms with Crippen LogP contribution in [0.25, 0.3) is 0 Å². The van der Waals surface area contributed by atoms with E-state index in [1.54, 1.807) is 31.9 Å². The molecule has 1 aliphatic rings. The zero-order chi connectivity index (χ0) is 22.4. The van der Waals surface area contributed by atoms with Gasteiger partial charge in [0.2, 0.25) is 11.8 Å². The minimum atomic E-state index is -0.932. The standard InChI is InChI=1S/C21H32N4O5/c1-15-6-5-9-22-16(15)12-23-18(28)21(14-26)7-10-25(11-8-21)17(27)13-24-19(29)30-20(2,3)4/h5-6,9,26H,7-8,10-14H2,1-4H3,(H,23,28)(H,24,29). The van der Waals surface area contributed by atoms with E-state index < -0.39 is 17.1 Å². The number of alkyl carbamates (subject to hydrolysis) is 1. The van der Waals surface area contributed by atoms with Crippen LogP contribution in [0.5, 0.6) is 0 Å². The summed E-state index contributed by atoms with van der Waals surface area (Å²) >= 11 is 0. The van der Waals surface area contributed by atoms with Crippen LogP contribution in [-0.2, 0) is 20.9 Å². The number of aryl methyl sites for hydroxylation is 1. The largest absolute Gasteiger partial charge is 0.444 e. The fraction of sp³-hybridized carbons (Fsp3) is 0.619. The smallest absolute Gasteiger partial charge is 0.408 e. The van der Waals surface area contributed by atoms with Crippen molar-refractivity contribution in [3.05, 3.63) is 29.6 Å². The lowest BCUT2D eigenvalue weighted by Gasteiger charge is -2.39. The number of hydrogen-bond donors (Lipinski definition) is 3. The van der Waals surface area contributed by atoms with Crippen molar-refractivity contribution in [1.29, 1.82) is 0 Å². The van der Waals surface area contributed by atoms with Crippen LogP contribution in [0, 0.1) is 12.3 Å². The van der Waals surface area contributed by atoms with Gasteiger partial charge < -0.3 is 25.4 Å². The Morgan fingerprint density at radius 2 is 1.90 bits per heavy atom. The molecule has 30 heavy (non-hydrogen) atoms. The van der Waals surface area contributed by atoms with Crippen LogP contribution in [0.1, 0.15) is 44.9 Å². The number of ether oxygens (including phenoxy) is 1. The second-order valence-electron chi connectivity index (χ2n) is 8.62. The molecule has 1 fully saturated rings. The van der Waals surface area contributed by atoms with Crippen molar-refractivity contribution >= 4 is 17.9 Å². The first kappa shape index (κ1) is 23.6. The number of likely N-dealkylation sites (tertiary alicyclic amines) is 1. The number of carbonyl (C=O) groups is 3. The molecule has 1 aromatic rings. The van der Waals surface area contributed by atoms with Gasteiger partial charge in [-0.3, -0.25) is 14.6 Å². The normalized spacial score (nSPS) is 16.0. The lowest BCUT2D eigenvalue weighted by atomic mass is 9.78. The van der Waals surface area contributed by atoms with Crippen LogP contribution < -0.4 is 10.6 Å². The molecule has 3 N–H and O–H groups in total. The molecule has 0 saturated carbocycles. The van der Waals surface area contributed by atoms with Crippen molar-refractivity contribution in [3.8, 4) is 0 Å². The Morgan fingerprint density at radius 3 is 2.47 bits per heavy atom. The van der Waals surface area contributed by atoms with Crippen molar-refractivity contribution in [2.45, 2.75) is 52.7 Å². The van der Waals surface area contributed by atoms with Crippen LogP contribution in [-0.4, -0.2) is 64.7 Å². The molecule has 0 atom stereocenters. The van der Waals surface area contributed by atoms with E-state index in [1.165, 1.54) is 0 Å². The first-order valence-corrected chi connectivity index (χ1v) is 10.1. The van der Waals surface area contributed by atoms with Gasteiger partial charge in [0.1, 0.15) is 12.1 Å². The van der Waals surface area contributed by atoms with Gasteiger partial charge in [0.15, 0.2) is 0 Å². The van der Waals surface area contributed by atoms with Crippen molar-refractivity contribution in [3.63, 3.8) is 0 Å². The Morgan fingerprint density at radius 1 is 1.23 bits per heavy atom. The summed E-state index contributed by atoms with van der Waals surface area (Å²) < 4.78 is 5.12. The van der Waals surface area contributed by atoms with Gasteiger partial charge in [0.25, 0.3) is 0 Å². The highest BCUT2D eigenvalue weighted by Gasteiger charge is 2.41. The van der Waals surface area contributed by atoms with Gasteiger partial charge >= 0.3 is 6.09 Å². The summed E-state index contributed by atoms with van der Waals surface area (Å²) in [5.74, 6) is -0.494. The second kappa shape index (κ2) is 9.88. The molecule has 9 heteroatoms. The maximum atomic E-state index is 12.8. The first-order chi connectivity index (χ1) is 14.1. The summed E-state index contributed by atoms with van der Waals surface area (Å²) in [6.45, 7) is 7.62. The van der Waals surface area contributed by atoms with E-state index in [9.17, 15) is 19.5 Å². The van der Waals surface area contributed by atoms with Crippen molar-refractivity contribution in [1.82, 2.24) is 20.5 Å². The zero-order valence-corrected chi connectivity index (χ0v) is 18.2. The van der Waals surface area contributed by atoms with Crippen LogP contribution in [0.2, 0.25) is 0 Å². The molecule has 2 heterocycles. The molecule has 2 rings (SSSR count). The molecular formula is C21H32N4O5. The van der Waals surface area contributed by atoms with Crippen molar-refractivity contribution in [2.75, 3.05) is 26.2 Å². The summed E-state index contributed by atoms with van der Waals surface area (Å²) in [5, 5.41) is 15.2. The van der Waals surface area contributed by atoms with Crippen LogP contribution in [0.15, 0.2) is 18.3 Å². The van der Waals surface area contributed by atoms with Crippen molar-refractivity contribution < 1.29 is 24.2 Å². The van der Waals surface area contributed by atoms with Gasteiger partial charge in [-0.25, -0.2) is 4.79 Å². The quantitative estimate of drug-likeness (QED) is 0.634. The first-order valence-electron chi connectivity index (χ1n) is 10.1. The highest BCUT2D eigenvalue weighted by atomic mass is 16.6. The molecule has 166 valence electrons. The molecule has 1 aliphatic heterocycles. The Bertz CT molecular complexity index is 767. The number of hydrogen-bond acceptors (Lipinski definition) is 6. The lowest BCUT2D eigenvalue weighted by molar-refractivity contribution is -0.142. The summed E-state index contributed by atoms with van der Waals surface area (Å²) in [4.78, 5) is 42.7. The van der Waals surface area contributed by atoms with Gasteiger partial charge in [0.05, 0.1) is 24.3 Å². The van der Waals surface area contributed by atoms with Gasteiger partial charge in [-0.2, -0.15) is 0 Å². The third-order valence-corrected chi connectivity index (χ3v) is 5.17. The molecule has 1 saturated heterocycles. The number of rotatable bonds is 6. The minimum Gasteiger partial charge on any atom is -0.444 e. The van der Waals surface area contributed by atoms with E-state index >= 15 is 0 Å². The van der Waals surface area contributed by atoms with E-state index in [0.29, 0.717) is 25.9 Å². The fourth-order valence-electron chi connectivity index (χ4n) is 3.27. The number of aromatic nitrogens is 1. The van der Waals surface area contributed by atoms with Crippen LogP contribution in [0.4, 0.5) is 4.79 Å². The number of piperidine rings is 1. The molecule has 3 amide bonds. The zero-order valence-electron chi connectivity index (χ0n) is 18.2. The SMILES string of the molecule is Cc1cccnc1CNC(=O)C1(CO)CCN(C(=O)CNC(=O)OC(C)(C)C)CC1. The number of carbonyl (C=O) groups excluding carboxylic acids is 3. The molecule has 0 spiro atoms. The number of amides is 3. The number of aliphatic hydroxyl groups is 1. The van der Waals surface area contributed by atoms with Gasteiger partial charge in [0, 0.05) is 19.3 Å². The minimum absolute atomic E-state index is 0.174. The van der Waals surface area contributed by atoms with Gasteiger partial charge in [-0.05, 0) is 52.2 Å². The highest BCUT2D eigenvalue weighted by molar-refractivity contribution is 5.85. The fourth-order valence-corrected chi connectivity index (χ4v) is 3.27. The van der Waals surface area contributed by atoms with Crippen molar-refractivity contribution in [2.24, 2.45) is 5.41 Å². The topological polar surface area (TPSA) is 121 Å². The highest BCUT2D eigenvalue weighted by Crippen LogP contribution is 2.31. The summed E-state index contributed by atoms with van der Waals surface area (Å²) in [6, 6.07) is 3.76. The number of nitrogens with one attached hydrogen (secondary N) is 2. The monoisotopic (exact) mass is 420 g/mol. The predicted octanol–water partition coefficient (Wildman–Crippen LogP) is 1.13. The number of nitrogens with zero attached hydrogens (tertiary/aromatic N) is 2. The third-order valence-electron chi connectivity index (χ3n) is 5.17. The van der Waals surface area contributed by atoms with Crippen LogP contribution >= 0.6 is 0 Å². The molecule has 0 unspecified atom stereocenters. The number of pyridine rings is 1. The molecule has 0 aliphatic carbocycles. The lowest BCUT2D eigenvalue weighted by Crippen LogP contribution is -2.53. The van der Waals surface area contributed by atoms with Gasteiger partial charge in [-0.1, -0.05) is 6.07 Å². The van der Waals surface area contributed by atoms with E-state index in [0.717, 1.165) is 11.3 Å². The van der Waals surface area contributed by atoms with E-state index in [4.69, 9.17) is 4.74 Å². The maximum Gasteiger partial charge on any atom is 0.408 e. The average Bonchev–Trinajstić information content (AvgIpc) is 2.70. The maximum absolute atomic E-state index is 12.8. The third kappa shape index (κ3) is 6.41. The Hall–Kier alpha value is -2.68. The molecule has 0 bridgehead atoms. The Kier molecular flexibility index (Phi) is 7.77. The molecule has 1 aromatic heterocycles. The average molecular weight is 421 g/mol. The van der Waals surface area contributed by atoms with Gasteiger partial charge in [-0.15, -0.1) is 0 Å².